The first-order valence-electron chi connectivity index (χ1n) is 8.72. The highest BCUT2D eigenvalue weighted by atomic mass is 127. The van der Waals surface area contributed by atoms with E-state index in [1.54, 1.807) is 0 Å². The number of rotatable bonds is 11. The fourth-order valence-electron chi connectivity index (χ4n) is 2.47. The highest BCUT2D eigenvalue weighted by Crippen LogP contribution is 2.01. The van der Waals surface area contributed by atoms with Crippen molar-refractivity contribution in [2.24, 2.45) is 10.7 Å². The molecular weight excluding hydrogens is 421 g/mol. The number of hydrogen-bond acceptors (Lipinski definition) is 5. The second-order valence-electron chi connectivity index (χ2n) is 6.13. The van der Waals surface area contributed by atoms with Crippen molar-refractivity contribution in [1.29, 1.82) is 0 Å². The van der Waals surface area contributed by atoms with Gasteiger partial charge in [0.05, 0.1) is 25.9 Å². The normalized spacial score (nSPS) is 17.6. The number of nitrogens with one attached hydrogen (secondary N) is 1. The van der Waals surface area contributed by atoms with Crippen molar-refractivity contribution < 1.29 is 9.47 Å². The van der Waals surface area contributed by atoms with Crippen LogP contribution in [0.15, 0.2) is 4.99 Å². The number of aliphatic imine (C=N–C) groups is 1. The van der Waals surface area contributed by atoms with Gasteiger partial charge in [0.2, 0.25) is 0 Å². The molecule has 24 heavy (non-hydrogen) atoms. The van der Waals surface area contributed by atoms with E-state index in [2.05, 4.69) is 34.2 Å². The standard InChI is InChI=1S/C16H35N5O2.HI/c1-4-23-15(6-9-20(2)3)14-19-16(17)18-7-5-8-21-10-12-22-13-11-21;/h15H,4-14H2,1-3H3,(H3,17,18,19);1H. The van der Waals surface area contributed by atoms with Gasteiger partial charge in [-0.1, -0.05) is 0 Å². The first-order valence-corrected chi connectivity index (χ1v) is 8.72. The lowest BCUT2D eigenvalue weighted by atomic mass is 10.2. The number of halogens is 1. The van der Waals surface area contributed by atoms with Crippen molar-refractivity contribution in [1.82, 2.24) is 15.1 Å². The second-order valence-corrected chi connectivity index (χ2v) is 6.13. The van der Waals surface area contributed by atoms with Crippen LogP contribution in [0, 0.1) is 0 Å². The van der Waals surface area contributed by atoms with Crippen LogP contribution in [0.5, 0.6) is 0 Å². The van der Waals surface area contributed by atoms with E-state index in [-0.39, 0.29) is 30.1 Å². The molecule has 144 valence electrons. The van der Waals surface area contributed by atoms with Crippen molar-refractivity contribution in [3.05, 3.63) is 0 Å². The molecule has 1 fully saturated rings. The van der Waals surface area contributed by atoms with Crippen LogP contribution >= 0.6 is 24.0 Å². The molecule has 1 atom stereocenters. The Labute approximate surface area is 164 Å². The van der Waals surface area contributed by atoms with E-state index >= 15 is 0 Å². The molecule has 1 aliphatic heterocycles. The molecule has 8 heteroatoms. The van der Waals surface area contributed by atoms with E-state index in [1.807, 2.05) is 6.92 Å². The number of ether oxygens (including phenoxy) is 2. The molecule has 0 amide bonds. The van der Waals surface area contributed by atoms with Gasteiger partial charge in [-0.05, 0) is 40.4 Å². The van der Waals surface area contributed by atoms with Gasteiger partial charge in [0.25, 0.3) is 0 Å². The average Bonchev–Trinajstić information content (AvgIpc) is 2.55. The predicted molar refractivity (Wildman–Crippen MR) is 110 cm³/mol. The van der Waals surface area contributed by atoms with E-state index in [4.69, 9.17) is 15.2 Å². The van der Waals surface area contributed by atoms with Gasteiger partial charge in [0.15, 0.2) is 5.96 Å². The molecule has 0 saturated carbocycles. The topological polar surface area (TPSA) is 75.3 Å². The first kappa shape index (κ1) is 23.8. The highest BCUT2D eigenvalue weighted by molar-refractivity contribution is 14.0. The fourth-order valence-corrected chi connectivity index (χ4v) is 2.47. The monoisotopic (exact) mass is 457 g/mol. The van der Waals surface area contributed by atoms with Gasteiger partial charge < -0.3 is 25.4 Å². The Morgan fingerprint density at radius 2 is 2.08 bits per heavy atom. The largest absolute Gasteiger partial charge is 0.379 e. The number of morpholine rings is 1. The third-order valence-corrected chi connectivity index (χ3v) is 3.83. The number of nitrogens with two attached hydrogens (primary N) is 1. The van der Waals surface area contributed by atoms with Gasteiger partial charge in [-0.3, -0.25) is 9.89 Å². The highest BCUT2D eigenvalue weighted by Gasteiger charge is 2.10. The molecule has 0 aromatic heterocycles. The van der Waals surface area contributed by atoms with Crippen molar-refractivity contribution >= 4 is 29.9 Å². The maximum Gasteiger partial charge on any atom is 0.188 e. The summed E-state index contributed by atoms with van der Waals surface area (Å²) in [6.07, 6.45) is 2.16. The van der Waals surface area contributed by atoms with Gasteiger partial charge >= 0.3 is 0 Å². The summed E-state index contributed by atoms with van der Waals surface area (Å²) in [5, 5.41) is 3.19. The summed E-state index contributed by atoms with van der Waals surface area (Å²) in [6, 6.07) is 0. The smallest absolute Gasteiger partial charge is 0.188 e. The van der Waals surface area contributed by atoms with Crippen LogP contribution in [0.3, 0.4) is 0 Å². The van der Waals surface area contributed by atoms with Crippen molar-refractivity contribution in [2.45, 2.75) is 25.9 Å². The van der Waals surface area contributed by atoms with Gasteiger partial charge in [-0.2, -0.15) is 0 Å². The zero-order valence-corrected chi connectivity index (χ0v) is 17.8. The zero-order chi connectivity index (χ0) is 16.9. The summed E-state index contributed by atoms with van der Waals surface area (Å²) in [7, 11) is 4.13. The van der Waals surface area contributed by atoms with Crippen LogP contribution in [0.2, 0.25) is 0 Å². The van der Waals surface area contributed by atoms with Crippen LogP contribution in [0.25, 0.3) is 0 Å². The lowest BCUT2D eigenvalue weighted by molar-refractivity contribution is 0.0376. The van der Waals surface area contributed by atoms with Gasteiger partial charge in [-0.25, -0.2) is 0 Å². The zero-order valence-electron chi connectivity index (χ0n) is 15.5. The summed E-state index contributed by atoms with van der Waals surface area (Å²) in [5.74, 6) is 0.515. The van der Waals surface area contributed by atoms with E-state index in [0.717, 1.165) is 58.8 Å². The molecule has 0 spiro atoms. The molecule has 0 aromatic carbocycles. The number of guanidine groups is 1. The minimum absolute atomic E-state index is 0. The van der Waals surface area contributed by atoms with Crippen molar-refractivity contribution in [3.63, 3.8) is 0 Å². The third-order valence-electron chi connectivity index (χ3n) is 3.83. The Bertz CT molecular complexity index is 326. The summed E-state index contributed by atoms with van der Waals surface area (Å²) in [6.45, 7) is 10.0. The van der Waals surface area contributed by atoms with Crippen molar-refractivity contribution in [2.75, 3.05) is 73.2 Å². The Morgan fingerprint density at radius 1 is 1.38 bits per heavy atom. The van der Waals surface area contributed by atoms with Crippen LogP contribution in [0.4, 0.5) is 0 Å². The van der Waals surface area contributed by atoms with Crippen LogP contribution in [-0.2, 0) is 9.47 Å². The van der Waals surface area contributed by atoms with Gasteiger partial charge in [-0.15, -0.1) is 24.0 Å². The molecule has 0 bridgehead atoms. The van der Waals surface area contributed by atoms with E-state index in [1.165, 1.54) is 0 Å². The Kier molecular flexibility index (Phi) is 15.0. The molecule has 0 radical (unpaired) electrons. The van der Waals surface area contributed by atoms with Crippen LogP contribution in [-0.4, -0.2) is 95.0 Å². The summed E-state index contributed by atoms with van der Waals surface area (Å²) in [4.78, 5) is 8.99. The average molecular weight is 457 g/mol. The SMILES string of the molecule is CCOC(CCN(C)C)CN=C(N)NCCCN1CCOCC1.I. The summed E-state index contributed by atoms with van der Waals surface area (Å²) >= 11 is 0. The fraction of sp³-hybridized carbons (Fsp3) is 0.938. The molecule has 0 aromatic rings. The molecule has 1 unspecified atom stereocenters. The van der Waals surface area contributed by atoms with E-state index in [0.29, 0.717) is 19.1 Å². The lowest BCUT2D eigenvalue weighted by Gasteiger charge is -2.26. The maximum absolute atomic E-state index is 5.93. The van der Waals surface area contributed by atoms with Crippen molar-refractivity contribution in [3.8, 4) is 0 Å². The molecular formula is C16H36IN5O2. The van der Waals surface area contributed by atoms with E-state index in [9.17, 15) is 0 Å². The van der Waals surface area contributed by atoms with Crippen LogP contribution in [0.1, 0.15) is 19.8 Å². The summed E-state index contributed by atoms with van der Waals surface area (Å²) in [5.41, 5.74) is 5.93. The first-order chi connectivity index (χ1) is 11.1. The Hall–Kier alpha value is -0.160. The minimum Gasteiger partial charge on any atom is -0.379 e. The van der Waals surface area contributed by atoms with Gasteiger partial charge in [0.1, 0.15) is 0 Å². The molecule has 3 N–H and O–H groups in total. The quantitative estimate of drug-likeness (QED) is 0.205. The number of hydrogen-bond donors (Lipinski definition) is 2. The molecule has 0 aliphatic carbocycles. The molecule has 1 rings (SSSR count). The summed E-state index contributed by atoms with van der Waals surface area (Å²) < 4.78 is 11.1. The Morgan fingerprint density at radius 3 is 2.71 bits per heavy atom. The molecule has 1 aliphatic rings. The molecule has 1 heterocycles. The predicted octanol–water partition coefficient (Wildman–Crippen LogP) is 0.588. The second kappa shape index (κ2) is 15.1. The maximum atomic E-state index is 5.93. The van der Waals surface area contributed by atoms with Crippen LogP contribution < -0.4 is 11.1 Å². The third kappa shape index (κ3) is 12.2. The molecule has 1 saturated heterocycles. The minimum atomic E-state index is 0. The van der Waals surface area contributed by atoms with Gasteiger partial charge in [0, 0.05) is 32.8 Å². The van der Waals surface area contributed by atoms with E-state index < -0.39 is 0 Å². The Balaban J connectivity index is 0.00000529. The lowest BCUT2D eigenvalue weighted by Crippen LogP contribution is -2.39. The molecule has 7 nitrogen and oxygen atoms in total. The number of nitrogens with zero attached hydrogens (tertiary/aromatic N) is 3.